The first kappa shape index (κ1) is 44.4. The quantitative estimate of drug-likeness (QED) is 0.0781. The molecule has 4 heterocycles. The molecule has 0 spiro atoms. The topological polar surface area (TPSA) is 362 Å². The summed E-state index contributed by atoms with van der Waals surface area (Å²) in [6.07, 6.45) is -16.7. The molecular weight excluding hydrogens is 811 g/mol. The van der Waals surface area contributed by atoms with E-state index in [9.17, 15) is 53.1 Å². The Morgan fingerprint density at radius 3 is 2.11 bits per heavy atom. The highest BCUT2D eigenvalue weighted by Gasteiger charge is 2.59. The molecule has 2 aromatic heterocycles. The Morgan fingerprint density at radius 2 is 1.52 bits per heavy atom. The van der Waals surface area contributed by atoms with Gasteiger partial charge >= 0.3 is 45.5 Å². The van der Waals surface area contributed by atoms with Crippen LogP contribution >= 0.6 is 15.6 Å². The van der Waals surface area contributed by atoms with Crippen LogP contribution in [0.25, 0.3) is 11.2 Å². The average Bonchev–Trinajstić information content (AvgIpc) is 3.59. The van der Waals surface area contributed by atoms with Crippen LogP contribution in [0.15, 0.2) is 12.7 Å². The average molecular weight is 848 g/mol. The Kier molecular flexibility index (Phi) is 13.9. The minimum Gasteiger partial charge on any atom is -0.462 e. The van der Waals surface area contributed by atoms with Crippen molar-refractivity contribution in [2.24, 2.45) is 0 Å². The molecule has 0 amide bonds. The van der Waals surface area contributed by atoms with Crippen LogP contribution < -0.4 is 5.73 Å². The Balaban J connectivity index is 1.59. The number of carbonyl (C=O) groups is 5. The van der Waals surface area contributed by atoms with Gasteiger partial charge in [-0.25, -0.2) is 28.5 Å². The molecule has 6 N–H and O–H groups in total. The summed E-state index contributed by atoms with van der Waals surface area (Å²) in [6, 6.07) is 0. The molecule has 26 nitrogen and oxygen atoms in total. The predicted molar refractivity (Wildman–Crippen MR) is 171 cm³/mol. The summed E-state index contributed by atoms with van der Waals surface area (Å²) in [7, 11) is -12.1. The molecule has 0 aromatic carbocycles. The van der Waals surface area contributed by atoms with E-state index in [1.165, 1.54) is 0 Å². The minimum absolute atomic E-state index is 0.00827. The number of anilines is 1. The van der Waals surface area contributed by atoms with E-state index >= 15 is 4.39 Å². The lowest BCUT2D eigenvalue weighted by molar-refractivity contribution is -0.301. The maximum Gasteiger partial charge on any atom is 0.483 e. The number of imidazole rings is 1. The van der Waals surface area contributed by atoms with Gasteiger partial charge in [0.05, 0.1) is 6.33 Å². The zero-order valence-electron chi connectivity index (χ0n) is 29.6. The van der Waals surface area contributed by atoms with Crippen LogP contribution in [0.4, 0.5) is 10.2 Å². The van der Waals surface area contributed by atoms with Gasteiger partial charge in [-0.2, -0.15) is 4.31 Å². The van der Waals surface area contributed by atoms with E-state index in [0.29, 0.717) is 0 Å². The second kappa shape index (κ2) is 17.5. The number of aromatic nitrogens is 4. The minimum atomic E-state index is -6.09. The van der Waals surface area contributed by atoms with Gasteiger partial charge in [-0.05, 0) is 0 Å². The largest absolute Gasteiger partial charge is 0.483 e. The summed E-state index contributed by atoms with van der Waals surface area (Å²) in [5.41, 5.74) is 5.66. The van der Waals surface area contributed by atoms with Crippen molar-refractivity contribution >= 4 is 62.5 Å². The van der Waals surface area contributed by atoms with Crippen LogP contribution in [0.2, 0.25) is 0 Å². The van der Waals surface area contributed by atoms with Crippen LogP contribution in [-0.2, 0) is 79.6 Å². The fourth-order valence-electron chi connectivity index (χ4n) is 5.42. The first-order valence-corrected chi connectivity index (χ1v) is 18.8. The monoisotopic (exact) mass is 847 g/mol. The number of phosphoric acid groups is 2. The second-order valence-electron chi connectivity index (χ2n) is 11.9. The molecule has 0 bridgehead atoms. The number of alkyl halides is 1. The number of nitrogens with zero attached hydrogens (tertiary/aromatic N) is 4. The number of rotatable bonds is 15. The van der Waals surface area contributed by atoms with Crippen molar-refractivity contribution in [2.45, 2.75) is 95.7 Å². The van der Waals surface area contributed by atoms with Gasteiger partial charge in [0.15, 0.2) is 42.1 Å². The number of fused-ring (bicyclic) bond motifs is 1. The van der Waals surface area contributed by atoms with E-state index in [4.69, 9.17) is 43.4 Å². The lowest BCUT2D eigenvalue weighted by atomic mass is 9.94. The van der Waals surface area contributed by atoms with Gasteiger partial charge < -0.3 is 58.9 Å². The lowest BCUT2D eigenvalue weighted by Gasteiger charge is -2.45. The second-order valence-corrected chi connectivity index (χ2v) is 14.8. The van der Waals surface area contributed by atoms with Crippen molar-refractivity contribution in [1.82, 2.24) is 19.5 Å². The predicted octanol–water partition coefficient (Wildman–Crippen LogP) is -1.41. The Hall–Kier alpha value is -4.27. The summed E-state index contributed by atoms with van der Waals surface area (Å²) in [5.74, 6) is -8.97. The van der Waals surface area contributed by atoms with E-state index in [2.05, 4.69) is 23.8 Å². The lowest BCUT2D eigenvalue weighted by Crippen LogP contribution is -2.65. The van der Waals surface area contributed by atoms with Gasteiger partial charge in [-0.1, -0.05) is 0 Å². The molecule has 56 heavy (non-hydrogen) atoms. The number of nitrogen functional groups attached to an aromatic ring is 1. The van der Waals surface area contributed by atoms with Crippen molar-refractivity contribution < 1.29 is 104 Å². The smallest absolute Gasteiger partial charge is 0.462 e. The number of phosphoric ester groups is 2. The molecule has 0 radical (unpaired) electrons. The number of aliphatic hydroxyl groups excluding tert-OH is 2. The van der Waals surface area contributed by atoms with E-state index in [1.807, 2.05) is 0 Å². The number of nitrogens with two attached hydrogens (primary N) is 1. The summed E-state index contributed by atoms with van der Waals surface area (Å²) in [6.45, 7) is 1.83. The summed E-state index contributed by atoms with van der Waals surface area (Å²) < 4.78 is 92.9. The zero-order valence-corrected chi connectivity index (χ0v) is 31.4. The molecular formula is C27H36FN5O21P2. The number of carbonyl (C=O) groups excluding carboxylic acids is 5. The molecule has 2 saturated heterocycles. The molecule has 29 heteroatoms. The van der Waals surface area contributed by atoms with E-state index in [1.54, 1.807) is 0 Å². The third-order valence-corrected chi connectivity index (χ3v) is 10.1. The van der Waals surface area contributed by atoms with Crippen molar-refractivity contribution in [3.05, 3.63) is 12.7 Å². The standard InChI is InChI=1S/C27H36FN5O21P2/c1-10(34)45-6-15(47-11(2)35)18-19(48-12(3)36)20(49-13(4)37)21(50-14(5)38)26(51-18)53-56(43,44)54-55(41,42)46-7-27(28)22(40)17(39)25(52-27)33-9-32-16-23(29)30-8-31-24(16)33/h8-9,15,17-22,25-26,39-40H,6-7H2,1-5H3,(H,41,42)(H,43,44)(H2,29,30,31)/t15?,17-,18-,19-,20+,21+,22+,25-,26+,27-/m1/s1. The van der Waals surface area contributed by atoms with Gasteiger partial charge in [-0.15, -0.1) is 0 Å². The highest BCUT2D eigenvalue weighted by molar-refractivity contribution is 7.61. The van der Waals surface area contributed by atoms with Crippen LogP contribution in [0, 0.1) is 0 Å². The van der Waals surface area contributed by atoms with Crippen LogP contribution in [0.3, 0.4) is 0 Å². The van der Waals surface area contributed by atoms with Crippen molar-refractivity contribution in [2.75, 3.05) is 18.9 Å². The van der Waals surface area contributed by atoms with E-state index < -0.39 is 120 Å². The molecule has 3 unspecified atom stereocenters. The summed E-state index contributed by atoms with van der Waals surface area (Å²) in [4.78, 5) is 92.6. The fraction of sp³-hybridized carbons (Fsp3) is 0.630. The van der Waals surface area contributed by atoms with Gasteiger partial charge in [0.25, 0.3) is 5.85 Å². The first-order chi connectivity index (χ1) is 25.9. The highest BCUT2D eigenvalue weighted by atomic mass is 31.3. The van der Waals surface area contributed by atoms with Gasteiger partial charge in [-0.3, -0.25) is 37.6 Å². The van der Waals surface area contributed by atoms with Gasteiger partial charge in [0.1, 0.15) is 43.4 Å². The Bertz CT molecular complexity index is 1920. The number of hydrogen-bond donors (Lipinski definition) is 5. The third-order valence-electron chi connectivity index (χ3n) is 7.47. The SMILES string of the molecule is CC(=O)OCC(OC(C)=O)[C@H]1O[C@@H](OP(=O)(O)OP(=O)(O)OC[C@@]2(F)O[C@@H](n3cnc4c(N)ncnc43)[C@H](O)[C@@H]2O)[C@@H](OC(C)=O)[C@@H](OC(C)=O)[C@@H]1OC(C)=O. The molecule has 12 atom stereocenters. The molecule has 2 aliphatic heterocycles. The number of aliphatic hydroxyl groups is 2. The molecule has 2 aromatic rings. The van der Waals surface area contributed by atoms with Crippen molar-refractivity contribution in [3.8, 4) is 0 Å². The third kappa shape index (κ3) is 10.8. The number of hydrogen-bond acceptors (Lipinski definition) is 23. The van der Waals surface area contributed by atoms with Gasteiger partial charge in [0, 0.05) is 34.6 Å². The molecule has 312 valence electrons. The van der Waals surface area contributed by atoms with Crippen LogP contribution in [-0.4, -0.2) is 137 Å². The number of halogens is 1. The first-order valence-electron chi connectivity index (χ1n) is 15.8. The van der Waals surface area contributed by atoms with Gasteiger partial charge in [0.2, 0.25) is 6.29 Å². The number of esters is 5. The molecule has 4 rings (SSSR count). The number of ether oxygens (including phenoxy) is 7. The fourth-order valence-corrected chi connectivity index (χ4v) is 7.58. The van der Waals surface area contributed by atoms with Crippen molar-refractivity contribution in [1.29, 1.82) is 0 Å². The zero-order chi connectivity index (χ0) is 41.9. The normalized spacial score (nSPS) is 30.3. The summed E-state index contributed by atoms with van der Waals surface area (Å²) >= 11 is 0. The molecule has 2 fully saturated rings. The summed E-state index contributed by atoms with van der Waals surface area (Å²) in [5, 5.41) is 21.0. The Labute approximate surface area is 313 Å². The molecule has 2 aliphatic rings. The van der Waals surface area contributed by atoms with E-state index in [0.717, 1.165) is 51.8 Å². The maximum atomic E-state index is 15.9. The molecule has 0 saturated carbocycles. The highest BCUT2D eigenvalue weighted by Crippen LogP contribution is 2.62. The Morgan fingerprint density at radius 1 is 0.911 bits per heavy atom. The molecule has 0 aliphatic carbocycles. The maximum absolute atomic E-state index is 15.9. The van der Waals surface area contributed by atoms with Crippen LogP contribution in [0.1, 0.15) is 40.8 Å². The van der Waals surface area contributed by atoms with Crippen molar-refractivity contribution in [3.63, 3.8) is 0 Å². The van der Waals surface area contributed by atoms with Crippen LogP contribution in [0.5, 0.6) is 0 Å². The van der Waals surface area contributed by atoms with E-state index in [-0.39, 0.29) is 17.0 Å².